The van der Waals surface area contributed by atoms with Gasteiger partial charge < -0.3 is 19.1 Å². The van der Waals surface area contributed by atoms with E-state index in [0.717, 1.165) is 70.4 Å². The summed E-state index contributed by atoms with van der Waals surface area (Å²) in [5, 5.41) is 2.28. The number of anilines is 3. The molecule has 0 amide bonds. The molecule has 0 atom stereocenters. The minimum Gasteiger partial charge on any atom is -0.517 e. The zero-order valence-corrected chi connectivity index (χ0v) is 47.5. The van der Waals surface area contributed by atoms with Crippen molar-refractivity contribution in [2.45, 2.75) is 124 Å². The molecule has 3 heterocycles. The summed E-state index contributed by atoms with van der Waals surface area (Å²) in [5.74, 6) is 1.98. The Bertz CT molecular complexity index is 3410. The van der Waals surface area contributed by atoms with Crippen molar-refractivity contribution in [1.29, 1.82) is 0 Å². The van der Waals surface area contributed by atoms with Gasteiger partial charge in [-0.05, 0) is 134 Å². The number of benzene rings is 7. The summed E-state index contributed by atoms with van der Waals surface area (Å²) in [6, 6.07) is 62.7. The first-order chi connectivity index (χ1) is 34.9. The van der Waals surface area contributed by atoms with Gasteiger partial charge in [-0.15, -0.1) is 28.8 Å². The third kappa shape index (κ3) is 10.9. The van der Waals surface area contributed by atoms with Crippen LogP contribution in [0.4, 0.5) is 17.1 Å². The number of unbranched alkanes of at least 4 members (excludes halogenated alkanes) is 1. The molecule has 9 aromatic rings. The van der Waals surface area contributed by atoms with Crippen molar-refractivity contribution in [2.24, 2.45) is 0 Å². The van der Waals surface area contributed by atoms with Crippen LogP contribution in [0.5, 0.6) is 5.75 Å². The predicted molar refractivity (Wildman–Crippen MR) is 308 cm³/mol. The van der Waals surface area contributed by atoms with Crippen LogP contribution in [0.2, 0.25) is 0 Å². The molecule has 5 nitrogen and oxygen atoms in total. The van der Waals surface area contributed by atoms with Crippen LogP contribution in [0.15, 0.2) is 158 Å². The molecule has 0 radical (unpaired) electrons. The summed E-state index contributed by atoms with van der Waals surface area (Å²) in [5.41, 5.74) is 18.5. The van der Waals surface area contributed by atoms with Crippen LogP contribution in [-0.4, -0.2) is 16.1 Å². The topological polar surface area (TPSA) is 33.5 Å². The average Bonchev–Trinajstić information content (AvgIpc) is 3.91. The zero-order valence-electron chi connectivity index (χ0n) is 45.2. The number of fused-ring (bicyclic) bond motifs is 4. The van der Waals surface area contributed by atoms with Gasteiger partial charge in [-0.1, -0.05) is 173 Å². The maximum atomic E-state index is 6.58. The van der Waals surface area contributed by atoms with Gasteiger partial charge >= 0.3 is 0 Å². The maximum absolute atomic E-state index is 6.58. The molecule has 382 valence electrons. The third-order valence-corrected chi connectivity index (χ3v) is 14.7. The summed E-state index contributed by atoms with van der Waals surface area (Å²) in [6.45, 7) is 28.9. The van der Waals surface area contributed by atoms with Crippen LogP contribution in [0.25, 0.3) is 49.9 Å². The molecule has 0 spiro atoms. The molecule has 74 heavy (non-hydrogen) atoms. The number of hydrogen-bond donors (Lipinski definition) is 0. The van der Waals surface area contributed by atoms with E-state index in [1.807, 2.05) is 12.3 Å². The molecule has 0 saturated carbocycles. The van der Waals surface area contributed by atoms with E-state index in [0.29, 0.717) is 18.3 Å². The van der Waals surface area contributed by atoms with Crippen LogP contribution >= 0.6 is 0 Å². The van der Waals surface area contributed by atoms with E-state index in [1.165, 1.54) is 55.8 Å². The van der Waals surface area contributed by atoms with Crippen LogP contribution in [0.1, 0.15) is 128 Å². The predicted octanol–water partition coefficient (Wildman–Crippen LogP) is 17.8. The van der Waals surface area contributed by atoms with Crippen molar-refractivity contribution in [3.8, 4) is 33.8 Å². The van der Waals surface area contributed by atoms with Gasteiger partial charge in [0.15, 0.2) is 0 Å². The van der Waals surface area contributed by atoms with Crippen molar-refractivity contribution in [2.75, 3.05) is 16.3 Å². The van der Waals surface area contributed by atoms with Gasteiger partial charge in [0.25, 0.3) is 0 Å². The van der Waals surface area contributed by atoms with Crippen molar-refractivity contribution in [3.63, 3.8) is 0 Å². The number of nitrogens with zero attached hydrogens (tertiary/aromatic N) is 4. The summed E-state index contributed by atoms with van der Waals surface area (Å²) < 4.78 is 8.80. The minimum absolute atomic E-state index is 0. The Balaban J connectivity index is 0.00000672. The number of rotatable bonds is 13. The van der Waals surface area contributed by atoms with E-state index < -0.39 is 0 Å². The van der Waals surface area contributed by atoms with Gasteiger partial charge in [-0.2, -0.15) is 37.0 Å². The zero-order chi connectivity index (χ0) is 51.2. The molecular formula is C68H71N4OPt-3. The van der Waals surface area contributed by atoms with E-state index >= 15 is 0 Å². The summed E-state index contributed by atoms with van der Waals surface area (Å²) in [6.07, 6.45) is 5.04. The number of hydrogen-bond acceptors (Lipinski definition) is 4. The first kappa shape index (κ1) is 52.4. The molecule has 1 aliphatic rings. The fraction of sp³-hybridized carbons (Fsp3) is 0.294. The monoisotopic (exact) mass is 1150 g/mol. The Morgan fingerprint density at radius 2 is 1.31 bits per heavy atom. The van der Waals surface area contributed by atoms with Crippen LogP contribution in [0.3, 0.4) is 0 Å². The number of para-hydroxylation sites is 1. The fourth-order valence-corrected chi connectivity index (χ4v) is 10.4. The van der Waals surface area contributed by atoms with E-state index in [9.17, 15) is 0 Å². The first-order valence-electron chi connectivity index (χ1n) is 26.4. The maximum Gasteiger partial charge on any atom is 0.135 e. The smallest absolute Gasteiger partial charge is 0.135 e. The van der Waals surface area contributed by atoms with Gasteiger partial charge in [0.1, 0.15) is 5.82 Å². The van der Waals surface area contributed by atoms with Crippen LogP contribution < -0.4 is 14.5 Å². The molecular weight excluding hydrogens is 1080 g/mol. The van der Waals surface area contributed by atoms with Crippen molar-refractivity contribution >= 4 is 38.9 Å². The molecule has 2 aromatic heterocycles. The minimum atomic E-state index is -0.0131. The van der Waals surface area contributed by atoms with E-state index in [4.69, 9.17) is 9.72 Å². The second-order valence-corrected chi connectivity index (χ2v) is 23.5. The molecule has 0 N–H and O–H groups in total. The number of aromatic nitrogens is 2. The molecule has 0 bridgehead atoms. The average molecular weight is 1160 g/mol. The Hall–Kier alpha value is -6.42. The SMILES string of the molecule is CC(C)c1cccc(-c2cc(C(C)(C)C)cc(C(C)(C)C)c2)c1CCCCN1[CH-]N(c2[c-]c(COc3[c-]c4c(cc3)c3ccccc3n4-c3cc(C(C)(C)C)ccn3)ccc2)c2ccc(-c3ccccc3)cc21.[Pt]. The van der Waals surface area contributed by atoms with E-state index in [2.05, 4.69) is 255 Å². The largest absolute Gasteiger partial charge is 0.517 e. The van der Waals surface area contributed by atoms with Gasteiger partial charge in [0.05, 0.1) is 6.61 Å². The van der Waals surface area contributed by atoms with Crippen molar-refractivity contribution in [1.82, 2.24) is 9.55 Å². The number of ether oxygens (including phenoxy) is 1. The molecule has 10 rings (SSSR count). The fourth-order valence-electron chi connectivity index (χ4n) is 10.4. The quantitative estimate of drug-likeness (QED) is 0.0851. The molecule has 0 saturated heterocycles. The summed E-state index contributed by atoms with van der Waals surface area (Å²) in [4.78, 5) is 9.61. The van der Waals surface area contributed by atoms with E-state index in [-0.39, 0.29) is 37.3 Å². The molecule has 7 aromatic carbocycles. The standard InChI is InChI=1S/C68H71N4O.Pt/c1-46(2)56-27-20-28-57(50-38-52(67(6,7)8)41-53(39-50)68(9,10)11)58(56)25-17-18-36-70-45-71(62-33-30-49(40-64(62)70)48-22-13-12-14-23-48)54-24-19-21-47(37-54)44-73-55-31-32-60-59-26-15-16-29-61(59)72(63(60)43-55)65-42-51(34-35-69-65)66(3,4)5;/h12-16,19-24,26-35,38-42,45-46H,17-18,25,36,44H2,1-11H3;/q-3;. The summed E-state index contributed by atoms with van der Waals surface area (Å²) >= 11 is 0. The van der Waals surface area contributed by atoms with Crippen LogP contribution in [0, 0.1) is 18.8 Å². The van der Waals surface area contributed by atoms with Crippen molar-refractivity contribution < 1.29 is 25.8 Å². The Kier molecular flexibility index (Phi) is 14.9. The summed E-state index contributed by atoms with van der Waals surface area (Å²) in [7, 11) is 0. The van der Waals surface area contributed by atoms with E-state index in [1.54, 1.807) is 0 Å². The van der Waals surface area contributed by atoms with Crippen LogP contribution in [-0.2, 0) is 50.3 Å². The number of pyridine rings is 1. The Morgan fingerprint density at radius 1 is 0.595 bits per heavy atom. The van der Waals surface area contributed by atoms with Crippen molar-refractivity contribution in [3.05, 3.63) is 210 Å². The van der Waals surface area contributed by atoms with Gasteiger partial charge in [0.2, 0.25) is 0 Å². The normalized spacial score (nSPS) is 13.0. The second-order valence-electron chi connectivity index (χ2n) is 23.5. The Morgan fingerprint density at radius 3 is 2.04 bits per heavy atom. The van der Waals surface area contributed by atoms with Gasteiger partial charge in [-0.3, -0.25) is 0 Å². The van der Waals surface area contributed by atoms with Gasteiger partial charge in [-0.25, -0.2) is 4.98 Å². The second kappa shape index (κ2) is 21.1. The van der Waals surface area contributed by atoms with Gasteiger partial charge in [0, 0.05) is 49.9 Å². The molecule has 0 unspecified atom stereocenters. The molecule has 1 aliphatic heterocycles. The molecule has 0 aliphatic carbocycles. The molecule has 0 fully saturated rings. The molecule has 6 heteroatoms. The Labute approximate surface area is 455 Å². The third-order valence-electron chi connectivity index (χ3n) is 14.7. The first-order valence-corrected chi connectivity index (χ1v) is 26.4.